The summed E-state index contributed by atoms with van der Waals surface area (Å²) in [6, 6.07) is 20.7. The fourth-order valence-electron chi connectivity index (χ4n) is 2.55. The van der Waals surface area contributed by atoms with Crippen LogP contribution in [-0.4, -0.2) is 16.7 Å². The van der Waals surface area contributed by atoms with E-state index in [-0.39, 0.29) is 0 Å². The van der Waals surface area contributed by atoms with Crippen LogP contribution in [0.5, 0.6) is 11.5 Å². The van der Waals surface area contributed by atoms with Crippen molar-refractivity contribution in [3.05, 3.63) is 72.5 Å². The van der Waals surface area contributed by atoms with Crippen molar-refractivity contribution < 1.29 is 18.4 Å². The number of furan rings is 1. The van der Waals surface area contributed by atoms with Crippen molar-refractivity contribution >= 4 is 0 Å². The second kappa shape index (κ2) is 7.78. The topological polar surface area (TPSA) is 70.5 Å². The summed E-state index contributed by atoms with van der Waals surface area (Å²) in [4.78, 5) is 4.38. The highest BCUT2D eigenvalue weighted by atomic mass is 16.5. The molecule has 6 nitrogen and oxygen atoms in total. The molecule has 0 atom stereocenters. The fourth-order valence-corrected chi connectivity index (χ4v) is 2.55. The minimum absolute atomic E-state index is 0.299. The zero-order chi connectivity index (χ0) is 18.5. The average molecular weight is 362 g/mol. The van der Waals surface area contributed by atoms with Gasteiger partial charge in [0.1, 0.15) is 23.9 Å². The summed E-state index contributed by atoms with van der Waals surface area (Å²) < 4.78 is 22.2. The second-order valence-electron chi connectivity index (χ2n) is 5.75. The summed E-state index contributed by atoms with van der Waals surface area (Å²) >= 11 is 0. The molecule has 0 aliphatic heterocycles. The van der Waals surface area contributed by atoms with Crippen LogP contribution in [0.2, 0.25) is 0 Å². The van der Waals surface area contributed by atoms with Crippen LogP contribution in [0, 0.1) is 0 Å². The molecule has 0 saturated carbocycles. The first kappa shape index (κ1) is 16.9. The van der Waals surface area contributed by atoms with Crippen LogP contribution in [0.4, 0.5) is 0 Å². The van der Waals surface area contributed by atoms with Crippen molar-refractivity contribution in [1.82, 2.24) is 10.1 Å². The van der Waals surface area contributed by atoms with Gasteiger partial charge in [-0.2, -0.15) is 4.98 Å². The van der Waals surface area contributed by atoms with E-state index in [2.05, 4.69) is 10.1 Å². The molecule has 0 amide bonds. The van der Waals surface area contributed by atoms with Gasteiger partial charge in [0.15, 0.2) is 5.76 Å². The van der Waals surface area contributed by atoms with E-state index in [9.17, 15) is 0 Å². The summed E-state index contributed by atoms with van der Waals surface area (Å²) in [5, 5.41) is 4.00. The third kappa shape index (κ3) is 4.00. The first-order valence-electron chi connectivity index (χ1n) is 8.65. The molecule has 2 heterocycles. The lowest BCUT2D eigenvalue weighted by Crippen LogP contribution is -1.94. The lowest BCUT2D eigenvalue weighted by Gasteiger charge is -2.06. The molecular weight excluding hydrogens is 344 g/mol. The van der Waals surface area contributed by atoms with Gasteiger partial charge in [0.2, 0.25) is 5.82 Å². The average Bonchev–Trinajstić information content (AvgIpc) is 3.38. The Morgan fingerprint density at radius 3 is 2.33 bits per heavy atom. The number of nitrogens with zero attached hydrogens (tertiary/aromatic N) is 2. The van der Waals surface area contributed by atoms with E-state index in [0.717, 1.165) is 17.1 Å². The van der Waals surface area contributed by atoms with E-state index in [1.807, 2.05) is 67.6 Å². The predicted octanol–water partition coefficient (Wildman–Crippen LogP) is 4.97. The molecule has 0 fully saturated rings. The van der Waals surface area contributed by atoms with E-state index in [1.54, 1.807) is 6.07 Å². The summed E-state index contributed by atoms with van der Waals surface area (Å²) in [5.41, 5.74) is 0.887. The number of aromatic nitrogens is 2. The van der Waals surface area contributed by atoms with Crippen molar-refractivity contribution in [2.75, 3.05) is 6.61 Å². The van der Waals surface area contributed by atoms with Gasteiger partial charge in [-0.1, -0.05) is 35.5 Å². The van der Waals surface area contributed by atoms with E-state index >= 15 is 0 Å². The Hall–Kier alpha value is -3.54. The van der Waals surface area contributed by atoms with E-state index < -0.39 is 0 Å². The van der Waals surface area contributed by atoms with Gasteiger partial charge in [-0.3, -0.25) is 0 Å². The standard InChI is InChI=1S/C21H18N2O4/c1-2-24-16-8-10-17(11-9-16)25-14-18-12-13-19(26-18)21-22-20(23-27-21)15-6-4-3-5-7-15/h3-13H,2,14H2,1H3. The van der Waals surface area contributed by atoms with Crippen LogP contribution >= 0.6 is 0 Å². The predicted molar refractivity (Wildman–Crippen MR) is 99.4 cm³/mol. The Kier molecular flexibility index (Phi) is 4.87. The molecule has 0 unspecified atom stereocenters. The number of hydrogen-bond acceptors (Lipinski definition) is 6. The van der Waals surface area contributed by atoms with E-state index in [4.69, 9.17) is 18.4 Å². The normalized spacial score (nSPS) is 10.7. The number of rotatable bonds is 7. The van der Waals surface area contributed by atoms with Crippen molar-refractivity contribution in [1.29, 1.82) is 0 Å². The van der Waals surface area contributed by atoms with E-state index in [0.29, 0.717) is 36.4 Å². The van der Waals surface area contributed by atoms with Gasteiger partial charge in [0.05, 0.1) is 6.61 Å². The molecule has 0 aliphatic rings. The first-order valence-corrected chi connectivity index (χ1v) is 8.65. The summed E-state index contributed by atoms with van der Waals surface area (Å²) in [6.07, 6.45) is 0. The molecule has 2 aromatic heterocycles. The monoisotopic (exact) mass is 362 g/mol. The largest absolute Gasteiger partial charge is 0.494 e. The number of benzene rings is 2. The van der Waals surface area contributed by atoms with Gasteiger partial charge in [-0.25, -0.2) is 0 Å². The van der Waals surface area contributed by atoms with Gasteiger partial charge < -0.3 is 18.4 Å². The third-order valence-corrected chi connectivity index (χ3v) is 3.85. The molecule has 4 rings (SSSR count). The molecule has 27 heavy (non-hydrogen) atoms. The van der Waals surface area contributed by atoms with Crippen LogP contribution in [-0.2, 0) is 6.61 Å². The smallest absolute Gasteiger partial charge is 0.293 e. The summed E-state index contributed by atoms with van der Waals surface area (Å²) in [5.74, 6) is 3.58. The van der Waals surface area contributed by atoms with Gasteiger partial charge in [0.25, 0.3) is 5.89 Å². The Morgan fingerprint density at radius 1 is 0.852 bits per heavy atom. The quantitative estimate of drug-likeness (QED) is 0.462. The molecular formula is C21H18N2O4. The summed E-state index contributed by atoms with van der Waals surface area (Å²) in [7, 11) is 0. The van der Waals surface area contributed by atoms with Crippen LogP contribution in [0.15, 0.2) is 75.7 Å². The molecule has 0 aliphatic carbocycles. The summed E-state index contributed by atoms with van der Waals surface area (Å²) in [6.45, 7) is 2.88. The fraction of sp³-hybridized carbons (Fsp3) is 0.143. The second-order valence-corrected chi connectivity index (χ2v) is 5.75. The molecule has 136 valence electrons. The molecule has 0 radical (unpaired) electrons. The molecule has 2 aromatic carbocycles. The minimum Gasteiger partial charge on any atom is -0.494 e. The van der Waals surface area contributed by atoms with Gasteiger partial charge in [-0.05, 0) is 43.3 Å². The maximum atomic E-state index is 5.76. The van der Waals surface area contributed by atoms with Gasteiger partial charge in [0, 0.05) is 5.56 Å². The molecule has 0 N–H and O–H groups in total. The Balaban J connectivity index is 1.41. The lowest BCUT2D eigenvalue weighted by molar-refractivity contribution is 0.269. The zero-order valence-electron chi connectivity index (χ0n) is 14.8. The number of ether oxygens (including phenoxy) is 2. The Morgan fingerprint density at radius 2 is 1.59 bits per heavy atom. The van der Waals surface area contributed by atoms with Gasteiger partial charge >= 0.3 is 0 Å². The Bertz CT molecular complexity index is 990. The highest BCUT2D eigenvalue weighted by molar-refractivity contribution is 5.57. The SMILES string of the molecule is CCOc1ccc(OCc2ccc(-c3nc(-c4ccccc4)no3)o2)cc1. The molecule has 0 spiro atoms. The van der Waals surface area contributed by atoms with Crippen molar-refractivity contribution in [2.45, 2.75) is 13.5 Å². The van der Waals surface area contributed by atoms with Crippen LogP contribution in [0.3, 0.4) is 0 Å². The third-order valence-electron chi connectivity index (χ3n) is 3.85. The molecule has 4 aromatic rings. The maximum Gasteiger partial charge on any atom is 0.293 e. The highest BCUT2D eigenvalue weighted by Crippen LogP contribution is 2.25. The Labute approximate surface area is 156 Å². The van der Waals surface area contributed by atoms with Crippen molar-refractivity contribution in [3.63, 3.8) is 0 Å². The van der Waals surface area contributed by atoms with E-state index in [1.165, 1.54) is 0 Å². The maximum absolute atomic E-state index is 5.76. The van der Waals surface area contributed by atoms with Crippen molar-refractivity contribution in [2.24, 2.45) is 0 Å². The highest BCUT2D eigenvalue weighted by Gasteiger charge is 2.14. The van der Waals surface area contributed by atoms with Crippen LogP contribution in [0.25, 0.3) is 23.0 Å². The van der Waals surface area contributed by atoms with Crippen LogP contribution < -0.4 is 9.47 Å². The van der Waals surface area contributed by atoms with Gasteiger partial charge in [-0.15, -0.1) is 0 Å². The minimum atomic E-state index is 0.299. The first-order chi connectivity index (χ1) is 13.3. The van der Waals surface area contributed by atoms with Crippen molar-refractivity contribution in [3.8, 4) is 34.5 Å². The zero-order valence-corrected chi connectivity index (χ0v) is 14.8. The lowest BCUT2D eigenvalue weighted by atomic mass is 10.2. The molecule has 0 bridgehead atoms. The number of hydrogen-bond donors (Lipinski definition) is 0. The molecule has 6 heteroatoms. The van der Waals surface area contributed by atoms with Crippen LogP contribution in [0.1, 0.15) is 12.7 Å². The molecule has 0 saturated heterocycles.